The lowest BCUT2D eigenvalue weighted by atomic mass is 9.86. The molecule has 0 heterocycles. The van der Waals surface area contributed by atoms with Gasteiger partial charge in [-0.2, -0.15) is 0 Å². The zero-order chi connectivity index (χ0) is 14.8. The molecule has 1 saturated carbocycles. The first kappa shape index (κ1) is 14.4. The van der Waals surface area contributed by atoms with Gasteiger partial charge in [0.2, 0.25) is 0 Å². The fourth-order valence-electron chi connectivity index (χ4n) is 2.25. The Bertz CT molecular complexity index is 502. The average Bonchev–Trinajstić information content (AvgIpc) is 2.41. The first-order chi connectivity index (χ1) is 9.37. The third-order valence-electron chi connectivity index (χ3n) is 3.56. The molecule has 0 bridgehead atoms. The number of nitrogens with zero attached hydrogens (tertiary/aromatic N) is 1. The summed E-state index contributed by atoms with van der Waals surface area (Å²) in [5.41, 5.74) is -0.979. The van der Waals surface area contributed by atoms with E-state index in [4.69, 9.17) is 4.74 Å². The molecule has 108 valence electrons. The van der Waals surface area contributed by atoms with Gasteiger partial charge in [0.25, 0.3) is 5.69 Å². The number of carbonyl (C=O) groups excluding carboxylic acids is 1. The van der Waals surface area contributed by atoms with Crippen LogP contribution in [0.4, 0.5) is 10.1 Å². The number of non-ortho nitro benzene ring substituents is 1. The Morgan fingerprint density at radius 2 is 1.90 bits per heavy atom. The van der Waals surface area contributed by atoms with E-state index in [2.05, 4.69) is 0 Å². The second-order valence-corrected chi connectivity index (χ2v) is 5.32. The van der Waals surface area contributed by atoms with Gasteiger partial charge in [-0.05, 0) is 44.7 Å². The molecular weight excluding hydrogens is 265 g/mol. The predicted octanol–water partition coefficient (Wildman–Crippen LogP) is 3.42. The molecule has 0 aliphatic heterocycles. The minimum atomic E-state index is -1.17. The van der Waals surface area contributed by atoms with E-state index in [1.54, 1.807) is 6.92 Å². The number of nitro groups is 1. The van der Waals surface area contributed by atoms with E-state index in [0.717, 1.165) is 0 Å². The van der Waals surface area contributed by atoms with Crippen LogP contribution in [0.2, 0.25) is 0 Å². The van der Waals surface area contributed by atoms with Crippen molar-refractivity contribution in [2.75, 3.05) is 0 Å². The molecule has 0 aromatic heterocycles. The maximum absolute atomic E-state index is 13.6. The average molecular weight is 281 g/mol. The first-order valence-corrected chi connectivity index (χ1v) is 6.52. The van der Waals surface area contributed by atoms with Gasteiger partial charge in [-0.25, -0.2) is 9.18 Å². The van der Waals surface area contributed by atoms with Gasteiger partial charge in [0.15, 0.2) is 0 Å². The van der Waals surface area contributed by atoms with Crippen LogP contribution in [0.25, 0.3) is 0 Å². The van der Waals surface area contributed by atoms with Crippen molar-refractivity contribution in [3.05, 3.63) is 39.9 Å². The summed E-state index contributed by atoms with van der Waals surface area (Å²) < 4.78 is 18.9. The van der Waals surface area contributed by atoms with Gasteiger partial charge in [-0.3, -0.25) is 10.1 Å². The molecule has 0 amide bonds. The lowest BCUT2D eigenvalue weighted by Gasteiger charge is -2.30. The molecule has 0 radical (unpaired) electrons. The molecule has 0 unspecified atom stereocenters. The van der Waals surface area contributed by atoms with Crippen LogP contribution < -0.4 is 0 Å². The molecule has 0 saturated heterocycles. The minimum Gasteiger partial charge on any atom is -0.459 e. The number of esters is 1. The Hall–Kier alpha value is -1.98. The third-order valence-corrected chi connectivity index (χ3v) is 3.56. The fourth-order valence-corrected chi connectivity index (χ4v) is 2.25. The van der Waals surface area contributed by atoms with Gasteiger partial charge < -0.3 is 4.74 Å². The molecule has 0 spiro atoms. The highest BCUT2D eigenvalue weighted by atomic mass is 19.1. The number of benzene rings is 1. The van der Waals surface area contributed by atoms with Crippen molar-refractivity contribution in [2.45, 2.75) is 44.4 Å². The molecule has 1 aliphatic rings. The van der Waals surface area contributed by atoms with Crippen molar-refractivity contribution in [3.8, 4) is 0 Å². The molecule has 6 heteroatoms. The normalized spacial score (nSPS) is 26.0. The Kier molecular flexibility index (Phi) is 4.01. The molecule has 1 aliphatic carbocycles. The van der Waals surface area contributed by atoms with E-state index < -0.39 is 16.6 Å². The van der Waals surface area contributed by atoms with Gasteiger partial charge in [0.1, 0.15) is 11.8 Å². The summed E-state index contributed by atoms with van der Waals surface area (Å²) >= 11 is 0. The Morgan fingerprint density at radius 3 is 2.40 bits per heavy atom. The van der Waals surface area contributed by atoms with Crippen molar-refractivity contribution in [2.24, 2.45) is 0 Å². The molecule has 2 rings (SSSR count). The zero-order valence-electron chi connectivity index (χ0n) is 11.2. The third kappa shape index (κ3) is 3.53. The van der Waals surface area contributed by atoms with Gasteiger partial charge in [0.05, 0.1) is 10.5 Å². The van der Waals surface area contributed by atoms with E-state index in [9.17, 15) is 19.3 Å². The minimum absolute atomic E-state index is 0.0765. The number of ether oxygens (including phenoxy) is 1. The standard InChI is InChI=1S/C14H16FNO4/c1-14(15)8-6-12(7-9-14)20-13(17)10-2-4-11(5-3-10)16(18)19/h2-5,12H,6-9H2,1H3. The smallest absolute Gasteiger partial charge is 0.338 e. The Morgan fingerprint density at radius 1 is 1.35 bits per heavy atom. The van der Waals surface area contributed by atoms with Crippen LogP contribution in [0, 0.1) is 10.1 Å². The molecule has 1 aromatic rings. The lowest BCUT2D eigenvalue weighted by molar-refractivity contribution is -0.384. The number of carbonyl (C=O) groups is 1. The van der Waals surface area contributed by atoms with Crippen molar-refractivity contribution in [3.63, 3.8) is 0 Å². The quantitative estimate of drug-likeness (QED) is 0.483. The number of alkyl halides is 1. The second-order valence-electron chi connectivity index (χ2n) is 5.32. The second kappa shape index (κ2) is 5.56. The SMILES string of the molecule is CC1(F)CCC(OC(=O)c2ccc([N+](=O)[O-])cc2)CC1. The zero-order valence-corrected chi connectivity index (χ0v) is 11.2. The Balaban J connectivity index is 1.93. The number of hydrogen-bond acceptors (Lipinski definition) is 4. The van der Waals surface area contributed by atoms with Gasteiger partial charge >= 0.3 is 5.97 Å². The molecule has 5 nitrogen and oxygen atoms in total. The van der Waals surface area contributed by atoms with E-state index in [0.29, 0.717) is 25.7 Å². The number of rotatable bonds is 3. The van der Waals surface area contributed by atoms with E-state index in [-0.39, 0.29) is 17.4 Å². The molecule has 20 heavy (non-hydrogen) atoms. The van der Waals surface area contributed by atoms with Crippen molar-refractivity contribution in [1.82, 2.24) is 0 Å². The summed E-state index contributed by atoms with van der Waals surface area (Å²) in [6, 6.07) is 5.25. The molecule has 0 atom stereocenters. The van der Waals surface area contributed by atoms with Crippen molar-refractivity contribution >= 4 is 11.7 Å². The van der Waals surface area contributed by atoms with Crippen LogP contribution in [0.3, 0.4) is 0 Å². The van der Waals surface area contributed by atoms with E-state index in [1.165, 1.54) is 24.3 Å². The fraction of sp³-hybridized carbons (Fsp3) is 0.500. The van der Waals surface area contributed by atoms with Crippen LogP contribution in [0.15, 0.2) is 24.3 Å². The van der Waals surface area contributed by atoms with E-state index >= 15 is 0 Å². The predicted molar refractivity (Wildman–Crippen MR) is 70.3 cm³/mol. The van der Waals surface area contributed by atoms with Crippen LogP contribution in [0.1, 0.15) is 43.0 Å². The molecular formula is C14H16FNO4. The van der Waals surface area contributed by atoms with Crippen LogP contribution in [-0.2, 0) is 4.74 Å². The maximum atomic E-state index is 13.6. The number of nitro benzene ring substituents is 1. The molecule has 1 aromatic carbocycles. The van der Waals surface area contributed by atoms with Gasteiger partial charge in [-0.15, -0.1) is 0 Å². The number of halogens is 1. The van der Waals surface area contributed by atoms with Crippen LogP contribution in [-0.4, -0.2) is 22.7 Å². The number of hydrogen-bond donors (Lipinski definition) is 0. The van der Waals surface area contributed by atoms with Gasteiger partial charge in [0, 0.05) is 12.1 Å². The highest BCUT2D eigenvalue weighted by Crippen LogP contribution is 2.32. The monoisotopic (exact) mass is 281 g/mol. The van der Waals surface area contributed by atoms with Crippen molar-refractivity contribution in [1.29, 1.82) is 0 Å². The topological polar surface area (TPSA) is 69.4 Å². The highest BCUT2D eigenvalue weighted by molar-refractivity contribution is 5.89. The van der Waals surface area contributed by atoms with Gasteiger partial charge in [-0.1, -0.05) is 0 Å². The molecule has 0 N–H and O–H groups in total. The lowest BCUT2D eigenvalue weighted by Crippen LogP contribution is -2.31. The van der Waals surface area contributed by atoms with Crippen molar-refractivity contribution < 1.29 is 18.8 Å². The Labute approximate surface area is 115 Å². The van der Waals surface area contributed by atoms with Crippen LogP contribution in [0.5, 0.6) is 0 Å². The summed E-state index contributed by atoms with van der Waals surface area (Å²) in [5.74, 6) is -0.521. The first-order valence-electron chi connectivity index (χ1n) is 6.52. The summed E-state index contributed by atoms with van der Waals surface area (Å²) in [4.78, 5) is 21.9. The largest absolute Gasteiger partial charge is 0.459 e. The molecule has 1 fully saturated rings. The maximum Gasteiger partial charge on any atom is 0.338 e. The summed E-state index contributed by atoms with van der Waals surface area (Å²) in [6.07, 6.45) is 1.50. The summed E-state index contributed by atoms with van der Waals surface area (Å²) in [7, 11) is 0. The van der Waals surface area contributed by atoms with Crippen LogP contribution >= 0.6 is 0 Å². The summed E-state index contributed by atoms with van der Waals surface area (Å²) in [5, 5.41) is 10.5. The highest BCUT2D eigenvalue weighted by Gasteiger charge is 2.32. The van der Waals surface area contributed by atoms with E-state index in [1.807, 2.05) is 0 Å². The summed E-state index contributed by atoms with van der Waals surface area (Å²) in [6.45, 7) is 1.56.